The van der Waals surface area contributed by atoms with Gasteiger partial charge < -0.3 is 0 Å². The van der Waals surface area contributed by atoms with E-state index in [2.05, 4.69) is 4.99 Å². The SMILES string of the molecule is Cl/C(=N/c1ccccc1Cl)c1ccccc1. The fourth-order valence-electron chi connectivity index (χ4n) is 1.29. The van der Waals surface area contributed by atoms with E-state index >= 15 is 0 Å². The van der Waals surface area contributed by atoms with E-state index in [1.165, 1.54) is 0 Å². The zero-order chi connectivity index (χ0) is 11.4. The van der Waals surface area contributed by atoms with Crippen LogP contribution in [0.5, 0.6) is 0 Å². The van der Waals surface area contributed by atoms with Crippen molar-refractivity contribution in [2.45, 2.75) is 0 Å². The third-order valence-corrected chi connectivity index (χ3v) is 2.71. The highest BCUT2D eigenvalue weighted by molar-refractivity contribution is 6.69. The molecule has 0 aromatic heterocycles. The molecular formula is C13H9Cl2N. The summed E-state index contributed by atoms with van der Waals surface area (Å²) < 4.78 is 0. The topological polar surface area (TPSA) is 12.4 Å². The minimum absolute atomic E-state index is 0.439. The summed E-state index contributed by atoms with van der Waals surface area (Å²) >= 11 is 12.1. The number of para-hydroxylation sites is 1. The Labute approximate surface area is 104 Å². The second-order valence-corrected chi connectivity index (χ2v) is 3.99. The van der Waals surface area contributed by atoms with Crippen LogP contribution in [-0.2, 0) is 0 Å². The van der Waals surface area contributed by atoms with Gasteiger partial charge in [-0.1, -0.05) is 65.7 Å². The Hall–Kier alpha value is -1.31. The Morgan fingerprint density at radius 3 is 2.19 bits per heavy atom. The van der Waals surface area contributed by atoms with E-state index in [9.17, 15) is 0 Å². The van der Waals surface area contributed by atoms with Gasteiger partial charge in [0.1, 0.15) is 5.17 Å². The lowest BCUT2D eigenvalue weighted by Crippen LogP contribution is -1.89. The summed E-state index contributed by atoms with van der Waals surface area (Å²) in [6.07, 6.45) is 0. The van der Waals surface area contributed by atoms with Gasteiger partial charge >= 0.3 is 0 Å². The first-order valence-corrected chi connectivity index (χ1v) is 5.57. The minimum Gasteiger partial charge on any atom is -0.235 e. The molecule has 16 heavy (non-hydrogen) atoms. The molecule has 0 N–H and O–H groups in total. The lowest BCUT2D eigenvalue weighted by atomic mass is 10.2. The van der Waals surface area contributed by atoms with E-state index in [4.69, 9.17) is 23.2 Å². The molecule has 2 aromatic rings. The largest absolute Gasteiger partial charge is 0.235 e. The first-order valence-electron chi connectivity index (χ1n) is 4.81. The summed E-state index contributed by atoms with van der Waals surface area (Å²) in [7, 11) is 0. The third-order valence-electron chi connectivity index (χ3n) is 2.08. The van der Waals surface area contributed by atoms with Crippen LogP contribution in [0.1, 0.15) is 5.56 Å². The fourth-order valence-corrected chi connectivity index (χ4v) is 1.68. The van der Waals surface area contributed by atoms with Crippen LogP contribution in [0.4, 0.5) is 5.69 Å². The Balaban J connectivity index is 2.36. The van der Waals surface area contributed by atoms with Crippen LogP contribution in [-0.4, -0.2) is 5.17 Å². The van der Waals surface area contributed by atoms with Gasteiger partial charge in [0.2, 0.25) is 0 Å². The average molecular weight is 250 g/mol. The van der Waals surface area contributed by atoms with Crippen LogP contribution in [0.2, 0.25) is 5.02 Å². The average Bonchev–Trinajstić information content (AvgIpc) is 2.33. The molecule has 2 rings (SSSR count). The molecule has 0 aliphatic rings. The molecule has 0 aliphatic heterocycles. The molecule has 0 spiro atoms. The third kappa shape index (κ3) is 2.63. The molecule has 0 bridgehead atoms. The summed E-state index contributed by atoms with van der Waals surface area (Å²) in [5.41, 5.74) is 1.56. The summed E-state index contributed by atoms with van der Waals surface area (Å²) in [5, 5.41) is 1.03. The van der Waals surface area contributed by atoms with Crippen LogP contribution < -0.4 is 0 Å². The zero-order valence-electron chi connectivity index (χ0n) is 8.40. The number of aliphatic imine (C=N–C) groups is 1. The molecule has 80 valence electrons. The van der Waals surface area contributed by atoms with E-state index in [1.54, 1.807) is 6.07 Å². The van der Waals surface area contributed by atoms with Gasteiger partial charge in [0.15, 0.2) is 0 Å². The molecule has 0 heterocycles. The van der Waals surface area contributed by atoms with Crippen molar-refractivity contribution >= 4 is 34.1 Å². The highest BCUT2D eigenvalue weighted by Gasteiger charge is 2.01. The Bertz CT molecular complexity index is 506. The molecule has 3 heteroatoms. The van der Waals surface area contributed by atoms with E-state index < -0.39 is 0 Å². The van der Waals surface area contributed by atoms with Gasteiger partial charge in [-0.05, 0) is 12.1 Å². The molecule has 0 atom stereocenters. The zero-order valence-corrected chi connectivity index (χ0v) is 9.91. The van der Waals surface area contributed by atoms with E-state index in [-0.39, 0.29) is 0 Å². The van der Waals surface area contributed by atoms with Gasteiger partial charge in [-0.2, -0.15) is 0 Å². The Kier molecular flexibility index (Phi) is 3.60. The number of hydrogen-bond donors (Lipinski definition) is 0. The van der Waals surface area contributed by atoms with Gasteiger partial charge in [-0.25, -0.2) is 4.99 Å². The summed E-state index contributed by atoms with van der Waals surface area (Å²) in [4.78, 5) is 4.28. The van der Waals surface area contributed by atoms with Crippen molar-refractivity contribution in [1.29, 1.82) is 0 Å². The van der Waals surface area contributed by atoms with Gasteiger partial charge in [-0.3, -0.25) is 0 Å². The summed E-state index contributed by atoms with van der Waals surface area (Å²) in [6, 6.07) is 16.9. The van der Waals surface area contributed by atoms with Gasteiger partial charge in [-0.15, -0.1) is 0 Å². The minimum atomic E-state index is 0.439. The molecule has 0 saturated carbocycles. The van der Waals surface area contributed by atoms with Crippen LogP contribution in [0.15, 0.2) is 59.6 Å². The lowest BCUT2D eigenvalue weighted by molar-refractivity contribution is 1.52. The number of benzene rings is 2. The molecule has 0 aliphatic carbocycles. The van der Waals surface area contributed by atoms with Crippen LogP contribution in [0.3, 0.4) is 0 Å². The van der Waals surface area contributed by atoms with Crippen molar-refractivity contribution in [1.82, 2.24) is 0 Å². The molecular weight excluding hydrogens is 241 g/mol. The number of halogens is 2. The molecule has 2 aromatic carbocycles. The summed E-state index contributed by atoms with van der Waals surface area (Å²) in [5.74, 6) is 0. The van der Waals surface area contributed by atoms with Crippen molar-refractivity contribution in [2.24, 2.45) is 4.99 Å². The standard InChI is InChI=1S/C13H9Cl2N/c14-11-8-4-5-9-12(11)16-13(15)10-6-2-1-3-7-10/h1-9H/b16-13+. The molecule has 1 nitrogen and oxygen atoms in total. The maximum Gasteiger partial charge on any atom is 0.137 e. The molecule has 0 amide bonds. The second kappa shape index (κ2) is 5.15. The quantitative estimate of drug-likeness (QED) is 0.687. The first kappa shape index (κ1) is 11.2. The maximum atomic E-state index is 6.10. The van der Waals surface area contributed by atoms with E-state index in [0.29, 0.717) is 15.9 Å². The predicted octanol–water partition coefficient (Wildman–Crippen LogP) is 4.66. The molecule has 0 radical (unpaired) electrons. The number of hydrogen-bond acceptors (Lipinski definition) is 1. The summed E-state index contributed by atoms with van der Waals surface area (Å²) in [6.45, 7) is 0. The lowest BCUT2D eigenvalue weighted by Gasteiger charge is -2.00. The van der Waals surface area contributed by atoms with Crippen LogP contribution in [0.25, 0.3) is 0 Å². The second-order valence-electron chi connectivity index (χ2n) is 3.22. The van der Waals surface area contributed by atoms with Crippen LogP contribution >= 0.6 is 23.2 Å². The van der Waals surface area contributed by atoms with Gasteiger partial charge in [0, 0.05) is 5.56 Å². The van der Waals surface area contributed by atoms with Gasteiger partial charge in [0.05, 0.1) is 10.7 Å². The Morgan fingerprint density at radius 1 is 0.875 bits per heavy atom. The smallest absolute Gasteiger partial charge is 0.137 e. The normalized spacial score (nSPS) is 11.5. The highest BCUT2D eigenvalue weighted by Crippen LogP contribution is 2.25. The molecule has 0 fully saturated rings. The molecule has 0 saturated heterocycles. The maximum absolute atomic E-state index is 6.10. The van der Waals surface area contributed by atoms with Crippen molar-refractivity contribution in [3.8, 4) is 0 Å². The number of rotatable bonds is 2. The fraction of sp³-hybridized carbons (Fsp3) is 0. The number of nitrogens with zero attached hydrogens (tertiary/aromatic N) is 1. The molecule has 0 unspecified atom stereocenters. The monoisotopic (exact) mass is 249 g/mol. The van der Waals surface area contributed by atoms with E-state index in [1.807, 2.05) is 48.5 Å². The van der Waals surface area contributed by atoms with Crippen LogP contribution in [0, 0.1) is 0 Å². The van der Waals surface area contributed by atoms with E-state index in [0.717, 1.165) is 5.56 Å². The van der Waals surface area contributed by atoms with Crippen molar-refractivity contribution in [3.63, 3.8) is 0 Å². The van der Waals surface area contributed by atoms with Gasteiger partial charge in [0.25, 0.3) is 0 Å². The Morgan fingerprint density at radius 2 is 1.50 bits per heavy atom. The highest BCUT2D eigenvalue weighted by atomic mass is 35.5. The van der Waals surface area contributed by atoms with Crippen molar-refractivity contribution in [2.75, 3.05) is 0 Å². The first-order chi connectivity index (χ1) is 7.77. The van der Waals surface area contributed by atoms with Crippen molar-refractivity contribution in [3.05, 3.63) is 65.2 Å². The predicted molar refractivity (Wildman–Crippen MR) is 69.9 cm³/mol. The van der Waals surface area contributed by atoms with Crippen molar-refractivity contribution < 1.29 is 0 Å².